The van der Waals surface area contributed by atoms with E-state index in [0.29, 0.717) is 5.41 Å². The normalized spacial score (nSPS) is 28.5. The fraction of sp³-hybridized carbons (Fsp3) is 1.00. The molecule has 2 heteroatoms. The predicted octanol–water partition coefficient (Wildman–Crippen LogP) is 2.11. The van der Waals surface area contributed by atoms with E-state index >= 15 is 0 Å². The van der Waals surface area contributed by atoms with E-state index in [1.54, 1.807) is 0 Å². The summed E-state index contributed by atoms with van der Waals surface area (Å²) in [5.74, 6) is 0. The third-order valence-electron chi connectivity index (χ3n) is 4.15. The summed E-state index contributed by atoms with van der Waals surface area (Å²) >= 11 is 0. The first-order valence-electron chi connectivity index (χ1n) is 6.17. The highest BCUT2D eigenvalue weighted by Gasteiger charge is 2.35. The first kappa shape index (κ1) is 10.4. The second-order valence-electron chi connectivity index (χ2n) is 5.41. The van der Waals surface area contributed by atoms with Gasteiger partial charge in [-0.2, -0.15) is 0 Å². The molecule has 0 aromatic heterocycles. The lowest BCUT2D eigenvalue weighted by Gasteiger charge is -2.45. The number of nitrogens with one attached hydrogen (secondary N) is 1. The van der Waals surface area contributed by atoms with E-state index in [1.165, 1.54) is 51.9 Å². The molecule has 0 unspecified atom stereocenters. The SMILES string of the molecule is CC(C)N1CCC2(CCCNC2)CC1.[HH]. The summed E-state index contributed by atoms with van der Waals surface area (Å²) in [4.78, 5) is 2.62. The average Bonchev–Trinajstić information content (AvgIpc) is 2.19. The highest BCUT2D eigenvalue weighted by molar-refractivity contribution is 4.90. The first-order valence-corrected chi connectivity index (χ1v) is 6.17. The fourth-order valence-electron chi connectivity index (χ4n) is 2.97. The molecule has 2 fully saturated rings. The van der Waals surface area contributed by atoms with Crippen LogP contribution in [0, 0.1) is 5.41 Å². The summed E-state index contributed by atoms with van der Waals surface area (Å²) in [6, 6.07) is 0.740. The van der Waals surface area contributed by atoms with E-state index in [-0.39, 0.29) is 1.43 Å². The van der Waals surface area contributed by atoms with Gasteiger partial charge in [0.1, 0.15) is 0 Å². The number of likely N-dealkylation sites (tertiary alicyclic amines) is 1. The summed E-state index contributed by atoms with van der Waals surface area (Å²) in [6.07, 6.45) is 5.68. The minimum atomic E-state index is 0. The van der Waals surface area contributed by atoms with Crippen molar-refractivity contribution in [1.29, 1.82) is 0 Å². The Morgan fingerprint density at radius 3 is 2.43 bits per heavy atom. The Bertz CT molecular complexity index is 178. The van der Waals surface area contributed by atoms with Gasteiger partial charge >= 0.3 is 0 Å². The predicted molar refractivity (Wildman–Crippen MR) is 62.6 cm³/mol. The molecule has 0 amide bonds. The smallest absolute Gasteiger partial charge is 0.00385 e. The number of piperidine rings is 2. The number of hydrogen-bond acceptors (Lipinski definition) is 2. The van der Waals surface area contributed by atoms with Gasteiger partial charge in [0, 0.05) is 14.0 Å². The summed E-state index contributed by atoms with van der Waals surface area (Å²) in [5.41, 5.74) is 0.670. The summed E-state index contributed by atoms with van der Waals surface area (Å²) < 4.78 is 0. The van der Waals surface area contributed by atoms with E-state index in [2.05, 4.69) is 24.1 Å². The van der Waals surface area contributed by atoms with Gasteiger partial charge < -0.3 is 10.2 Å². The third kappa shape index (κ3) is 2.12. The van der Waals surface area contributed by atoms with Gasteiger partial charge in [0.2, 0.25) is 0 Å². The number of nitrogens with zero attached hydrogens (tertiary/aromatic N) is 1. The molecule has 84 valence electrons. The van der Waals surface area contributed by atoms with Gasteiger partial charge in [-0.25, -0.2) is 0 Å². The molecule has 0 radical (unpaired) electrons. The maximum atomic E-state index is 3.57. The van der Waals surface area contributed by atoms with Crippen LogP contribution in [0.2, 0.25) is 0 Å². The lowest BCUT2D eigenvalue weighted by molar-refractivity contribution is 0.0627. The Morgan fingerprint density at radius 1 is 1.21 bits per heavy atom. The largest absolute Gasteiger partial charge is 0.316 e. The fourth-order valence-corrected chi connectivity index (χ4v) is 2.97. The van der Waals surface area contributed by atoms with Crippen molar-refractivity contribution in [2.75, 3.05) is 26.2 Å². The molecule has 2 rings (SSSR count). The second kappa shape index (κ2) is 4.19. The topological polar surface area (TPSA) is 15.3 Å². The molecule has 0 aliphatic carbocycles. The van der Waals surface area contributed by atoms with Gasteiger partial charge in [0.25, 0.3) is 0 Å². The molecule has 2 saturated heterocycles. The van der Waals surface area contributed by atoms with Crippen molar-refractivity contribution in [3.8, 4) is 0 Å². The van der Waals surface area contributed by atoms with Crippen molar-refractivity contribution in [3.63, 3.8) is 0 Å². The van der Waals surface area contributed by atoms with E-state index in [9.17, 15) is 0 Å². The second-order valence-corrected chi connectivity index (χ2v) is 5.41. The minimum Gasteiger partial charge on any atom is -0.316 e. The number of rotatable bonds is 1. The van der Waals surface area contributed by atoms with Crippen LogP contribution in [0.5, 0.6) is 0 Å². The van der Waals surface area contributed by atoms with Crippen LogP contribution in [0.25, 0.3) is 0 Å². The van der Waals surface area contributed by atoms with Crippen LogP contribution in [-0.2, 0) is 0 Å². The molecule has 2 heterocycles. The van der Waals surface area contributed by atoms with Gasteiger partial charge in [-0.05, 0) is 64.6 Å². The lowest BCUT2D eigenvalue weighted by Crippen LogP contribution is -2.49. The van der Waals surface area contributed by atoms with Crippen molar-refractivity contribution < 1.29 is 1.43 Å². The quantitative estimate of drug-likeness (QED) is 0.694. The van der Waals surface area contributed by atoms with Crippen molar-refractivity contribution in [1.82, 2.24) is 10.2 Å². The zero-order valence-corrected chi connectivity index (χ0v) is 9.68. The van der Waals surface area contributed by atoms with Crippen molar-refractivity contribution >= 4 is 0 Å². The van der Waals surface area contributed by atoms with Gasteiger partial charge in [-0.3, -0.25) is 0 Å². The number of hydrogen-bond donors (Lipinski definition) is 1. The summed E-state index contributed by atoms with van der Waals surface area (Å²) in [7, 11) is 0. The molecule has 2 aliphatic heterocycles. The van der Waals surface area contributed by atoms with Crippen molar-refractivity contribution in [3.05, 3.63) is 0 Å². The Hall–Kier alpha value is -0.0800. The molecular weight excluding hydrogens is 172 g/mol. The van der Waals surface area contributed by atoms with Crippen LogP contribution in [-0.4, -0.2) is 37.1 Å². The van der Waals surface area contributed by atoms with Crippen LogP contribution in [0.15, 0.2) is 0 Å². The van der Waals surface area contributed by atoms with Crippen LogP contribution < -0.4 is 5.32 Å². The molecule has 0 aromatic carbocycles. The molecule has 0 aromatic rings. The third-order valence-corrected chi connectivity index (χ3v) is 4.15. The maximum Gasteiger partial charge on any atom is 0.00385 e. The molecule has 1 spiro atoms. The van der Waals surface area contributed by atoms with Crippen LogP contribution >= 0.6 is 0 Å². The maximum absolute atomic E-state index is 3.57. The molecule has 2 nitrogen and oxygen atoms in total. The highest BCUT2D eigenvalue weighted by Crippen LogP contribution is 2.37. The van der Waals surface area contributed by atoms with Crippen LogP contribution in [0.1, 0.15) is 41.0 Å². The van der Waals surface area contributed by atoms with Crippen molar-refractivity contribution in [2.45, 2.75) is 45.6 Å². The Morgan fingerprint density at radius 2 is 1.93 bits per heavy atom. The molecule has 0 atom stereocenters. The van der Waals surface area contributed by atoms with E-state index in [4.69, 9.17) is 0 Å². The molecule has 0 saturated carbocycles. The highest BCUT2D eigenvalue weighted by atomic mass is 15.2. The molecular formula is C12H26N2. The zero-order valence-electron chi connectivity index (χ0n) is 9.68. The Kier molecular flexibility index (Phi) is 3.13. The minimum absolute atomic E-state index is 0. The average molecular weight is 198 g/mol. The summed E-state index contributed by atoms with van der Waals surface area (Å²) in [5, 5.41) is 3.57. The van der Waals surface area contributed by atoms with Gasteiger partial charge in [0.05, 0.1) is 0 Å². The first-order chi connectivity index (χ1) is 6.72. The van der Waals surface area contributed by atoms with E-state index in [1.807, 2.05) is 0 Å². The van der Waals surface area contributed by atoms with Gasteiger partial charge in [-0.1, -0.05) is 0 Å². The standard InChI is InChI=1S/C12H24N2.H2/c1-11(2)14-8-5-12(6-9-14)4-3-7-13-10-12;/h11,13H,3-10H2,1-2H3;1H. The van der Waals surface area contributed by atoms with Crippen LogP contribution in [0.3, 0.4) is 0 Å². The van der Waals surface area contributed by atoms with E-state index in [0.717, 1.165) is 6.04 Å². The molecule has 1 N–H and O–H groups in total. The van der Waals surface area contributed by atoms with Crippen LogP contribution in [0.4, 0.5) is 0 Å². The molecule has 14 heavy (non-hydrogen) atoms. The Balaban J connectivity index is 0.00000112. The zero-order chi connectivity index (χ0) is 10.0. The van der Waals surface area contributed by atoms with E-state index < -0.39 is 0 Å². The van der Waals surface area contributed by atoms with Gasteiger partial charge in [0.15, 0.2) is 0 Å². The van der Waals surface area contributed by atoms with Crippen molar-refractivity contribution in [2.24, 2.45) is 5.41 Å². The summed E-state index contributed by atoms with van der Waals surface area (Å²) in [6.45, 7) is 9.79. The monoisotopic (exact) mass is 198 g/mol. The van der Waals surface area contributed by atoms with Gasteiger partial charge in [-0.15, -0.1) is 0 Å². The Labute approximate surface area is 89.5 Å². The lowest BCUT2D eigenvalue weighted by atomic mass is 9.73. The molecule has 0 bridgehead atoms. The molecule has 2 aliphatic rings.